The van der Waals surface area contributed by atoms with Crippen LogP contribution in [0.1, 0.15) is 110 Å². The van der Waals surface area contributed by atoms with Crippen LogP contribution in [0.3, 0.4) is 0 Å². The molecule has 3 rings (SSSR count). The molecular weight excluding hydrogens is 392 g/mol. The van der Waals surface area contributed by atoms with Crippen LogP contribution in [0.5, 0.6) is 11.5 Å². The lowest BCUT2D eigenvalue weighted by Gasteiger charge is -2.38. The fraction of sp³-hybridized carbons (Fsp3) is 0.600. The second-order valence-electron chi connectivity index (χ2n) is 8.80. The second-order valence-corrected chi connectivity index (χ2v) is 8.80. The summed E-state index contributed by atoms with van der Waals surface area (Å²) in [5.41, 5.74) is 2.97. The highest BCUT2D eigenvalue weighted by atomic mass is 16.5. The second kappa shape index (κ2) is 16.6. The van der Waals surface area contributed by atoms with Crippen molar-refractivity contribution in [1.82, 2.24) is 0 Å². The fourth-order valence-corrected chi connectivity index (χ4v) is 4.08. The summed E-state index contributed by atoms with van der Waals surface area (Å²) in [6.45, 7) is 14.3. The van der Waals surface area contributed by atoms with Gasteiger partial charge in [0.05, 0.1) is 13.2 Å². The van der Waals surface area contributed by atoms with Crippen molar-refractivity contribution >= 4 is 0 Å². The molecule has 32 heavy (non-hydrogen) atoms. The molecule has 1 fully saturated rings. The van der Waals surface area contributed by atoms with Crippen molar-refractivity contribution in [1.29, 1.82) is 0 Å². The molecule has 2 aromatic carbocycles. The molecule has 180 valence electrons. The van der Waals surface area contributed by atoms with Crippen molar-refractivity contribution < 1.29 is 9.47 Å². The van der Waals surface area contributed by atoms with E-state index in [1.54, 1.807) is 0 Å². The first-order chi connectivity index (χ1) is 15.6. The van der Waals surface area contributed by atoms with E-state index in [1.165, 1.54) is 56.1 Å². The number of ether oxygens (including phenoxy) is 2. The van der Waals surface area contributed by atoms with E-state index in [4.69, 9.17) is 9.47 Å². The van der Waals surface area contributed by atoms with Crippen LogP contribution < -0.4 is 9.47 Å². The molecule has 0 radical (unpaired) electrons. The van der Waals surface area contributed by atoms with Crippen molar-refractivity contribution in [2.45, 2.75) is 105 Å². The Hall–Kier alpha value is -1.96. The highest BCUT2D eigenvalue weighted by Crippen LogP contribution is 2.45. The van der Waals surface area contributed by atoms with Crippen LogP contribution in [-0.4, -0.2) is 13.2 Å². The first-order valence-electron chi connectivity index (χ1n) is 13.1. The molecule has 2 aromatic rings. The summed E-state index contributed by atoms with van der Waals surface area (Å²) in [7, 11) is 0. The van der Waals surface area contributed by atoms with Crippen molar-refractivity contribution in [3.05, 3.63) is 59.7 Å². The third kappa shape index (κ3) is 8.88. The van der Waals surface area contributed by atoms with Crippen molar-refractivity contribution in [2.24, 2.45) is 0 Å². The molecule has 0 unspecified atom stereocenters. The summed E-state index contributed by atoms with van der Waals surface area (Å²) in [4.78, 5) is 0. The first-order valence-corrected chi connectivity index (χ1v) is 13.1. The molecule has 0 atom stereocenters. The summed E-state index contributed by atoms with van der Waals surface area (Å²) in [5.74, 6) is 1.95. The molecule has 0 spiro atoms. The van der Waals surface area contributed by atoms with Crippen LogP contribution in [0, 0.1) is 0 Å². The van der Waals surface area contributed by atoms with Gasteiger partial charge in [0.25, 0.3) is 0 Å². The Kier molecular flexibility index (Phi) is 14.6. The largest absolute Gasteiger partial charge is 0.494 e. The van der Waals surface area contributed by atoms with E-state index in [1.807, 2.05) is 0 Å². The molecule has 0 N–H and O–H groups in total. The smallest absolute Gasteiger partial charge is 0.119 e. The van der Waals surface area contributed by atoms with Crippen LogP contribution in [0.25, 0.3) is 0 Å². The van der Waals surface area contributed by atoms with Crippen molar-refractivity contribution in [2.75, 3.05) is 13.2 Å². The van der Waals surface area contributed by atoms with Crippen LogP contribution in [0.2, 0.25) is 0 Å². The lowest BCUT2D eigenvalue weighted by molar-refractivity contribution is 0.315. The van der Waals surface area contributed by atoms with Crippen LogP contribution >= 0.6 is 0 Å². The maximum atomic E-state index is 5.77. The van der Waals surface area contributed by atoms with Gasteiger partial charge >= 0.3 is 0 Å². The minimum absolute atomic E-state index is 0.130. The van der Waals surface area contributed by atoms with Crippen LogP contribution in [0.15, 0.2) is 48.5 Å². The van der Waals surface area contributed by atoms with Crippen LogP contribution in [0.4, 0.5) is 0 Å². The molecule has 2 nitrogen and oxygen atoms in total. The quantitative estimate of drug-likeness (QED) is 0.407. The first kappa shape index (κ1) is 28.1. The summed E-state index contributed by atoms with van der Waals surface area (Å²) in [6, 6.07) is 17.7. The maximum Gasteiger partial charge on any atom is 0.119 e. The Morgan fingerprint density at radius 2 is 0.906 bits per heavy atom. The highest BCUT2D eigenvalue weighted by Gasteiger charge is 2.35. The SMILES string of the molecule is CCC.CCC.CCCOc1ccc(C2(c3ccc(OCCC)cc3)CCCCC2)cc1. The maximum absolute atomic E-state index is 5.77. The normalized spacial score (nSPS) is 14.3. The van der Waals surface area contributed by atoms with Crippen molar-refractivity contribution in [3.8, 4) is 11.5 Å². The predicted octanol–water partition coefficient (Wildman–Crippen LogP) is 9.35. The Balaban J connectivity index is 0.000000769. The van der Waals surface area contributed by atoms with E-state index in [-0.39, 0.29) is 5.41 Å². The van der Waals surface area contributed by atoms with Gasteiger partial charge in [-0.3, -0.25) is 0 Å². The summed E-state index contributed by atoms with van der Waals surface area (Å²) < 4.78 is 11.5. The summed E-state index contributed by atoms with van der Waals surface area (Å²) >= 11 is 0. The Morgan fingerprint density at radius 1 is 0.562 bits per heavy atom. The molecule has 0 heterocycles. The molecule has 1 aliphatic carbocycles. The monoisotopic (exact) mass is 440 g/mol. The van der Waals surface area contributed by atoms with Gasteiger partial charge in [0, 0.05) is 5.41 Å². The minimum atomic E-state index is 0.130. The number of hydrogen-bond acceptors (Lipinski definition) is 2. The van der Waals surface area contributed by atoms with Gasteiger partial charge in [0.2, 0.25) is 0 Å². The van der Waals surface area contributed by atoms with Gasteiger partial charge in [0.15, 0.2) is 0 Å². The molecule has 0 saturated heterocycles. The fourth-order valence-electron chi connectivity index (χ4n) is 4.08. The number of benzene rings is 2. The molecule has 0 aromatic heterocycles. The molecule has 2 heteroatoms. The third-order valence-electron chi connectivity index (χ3n) is 5.47. The summed E-state index contributed by atoms with van der Waals surface area (Å²) in [6.07, 6.45) is 11.0. The number of hydrogen-bond donors (Lipinski definition) is 0. The lowest BCUT2D eigenvalue weighted by atomic mass is 9.65. The van der Waals surface area contributed by atoms with Gasteiger partial charge < -0.3 is 9.47 Å². The molecule has 0 bridgehead atoms. The average molecular weight is 441 g/mol. The van der Waals surface area contributed by atoms with Gasteiger partial charge in [0.1, 0.15) is 11.5 Å². The molecule has 1 saturated carbocycles. The van der Waals surface area contributed by atoms with Gasteiger partial charge in [-0.1, -0.05) is 97.9 Å². The minimum Gasteiger partial charge on any atom is -0.494 e. The predicted molar refractivity (Wildman–Crippen MR) is 140 cm³/mol. The van der Waals surface area contributed by atoms with Gasteiger partial charge in [-0.2, -0.15) is 0 Å². The van der Waals surface area contributed by atoms with E-state index >= 15 is 0 Å². The standard InChI is InChI=1S/C24H32O2.2C3H8/c1-3-18-25-22-12-8-20(9-13-22)24(16-6-5-7-17-24)21-10-14-23(15-11-21)26-19-4-2;2*1-3-2/h8-15H,3-7,16-19H2,1-2H3;2*3H2,1-2H3. The summed E-state index contributed by atoms with van der Waals surface area (Å²) in [5, 5.41) is 0. The Morgan fingerprint density at radius 3 is 1.22 bits per heavy atom. The third-order valence-corrected chi connectivity index (χ3v) is 5.47. The lowest BCUT2D eigenvalue weighted by Crippen LogP contribution is -2.30. The highest BCUT2D eigenvalue weighted by molar-refractivity contribution is 5.43. The zero-order valence-corrected chi connectivity index (χ0v) is 21.7. The van der Waals surface area contributed by atoms with E-state index < -0.39 is 0 Å². The molecule has 0 aliphatic heterocycles. The zero-order chi connectivity index (χ0) is 23.7. The number of rotatable bonds is 8. The Bertz CT molecular complexity index is 626. The topological polar surface area (TPSA) is 18.5 Å². The van der Waals surface area contributed by atoms with E-state index in [0.29, 0.717) is 0 Å². The zero-order valence-electron chi connectivity index (χ0n) is 21.7. The van der Waals surface area contributed by atoms with Gasteiger partial charge in [-0.05, 0) is 61.1 Å². The molecular formula is C30H48O2. The molecule has 0 amide bonds. The van der Waals surface area contributed by atoms with Crippen LogP contribution in [-0.2, 0) is 5.41 Å². The van der Waals surface area contributed by atoms with Crippen molar-refractivity contribution in [3.63, 3.8) is 0 Å². The van der Waals surface area contributed by atoms with E-state index in [0.717, 1.165) is 37.6 Å². The van der Waals surface area contributed by atoms with Gasteiger partial charge in [-0.15, -0.1) is 0 Å². The van der Waals surface area contributed by atoms with E-state index in [9.17, 15) is 0 Å². The molecule has 1 aliphatic rings. The van der Waals surface area contributed by atoms with Gasteiger partial charge in [-0.25, -0.2) is 0 Å². The van der Waals surface area contributed by atoms with E-state index in [2.05, 4.69) is 90.1 Å². The Labute approximate surface area is 198 Å². The average Bonchev–Trinajstić information content (AvgIpc) is 2.83.